The zero-order valence-electron chi connectivity index (χ0n) is 9.37. The van der Waals surface area contributed by atoms with Crippen LogP contribution < -0.4 is 0 Å². The van der Waals surface area contributed by atoms with Gasteiger partial charge < -0.3 is 0 Å². The fraction of sp³-hybridized carbons (Fsp3) is 0.667. The minimum atomic E-state index is 1.17. The summed E-state index contributed by atoms with van der Waals surface area (Å²) in [4.78, 5) is 0. The van der Waals surface area contributed by atoms with E-state index in [9.17, 15) is 0 Å². The molecule has 0 radical (unpaired) electrons. The Kier molecular flexibility index (Phi) is 13.3. The van der Waals surface area contributed by atoms with Crippen LogP contribution in [0.15, 0.2) is 24.3 Å². The molecule has 0 aromatic carbocycles. The summed E-state index contributed by atoms with van der Waals surface area (Å²) in [6.07, 6.45) is 13.8. The van der Waals surface area contributed by atoms with Gasteiger partial charge in [-0.15, -0.1) is 0 Å². The van der Waals surface area contributed by atoms with E-state index in [4.69, 9.17) is 0 Å². The molecule has 0 saturated heterocycles. The first-order chi connectivity index (χ1) is 6.91. The van der Waals surface area contributed by atoms with Crippen LogP contribution >= 0.6 is 21.6 Å². The molecule has 0 fully saturated rings. The van der Waals surface area contributed by atoms with Crippen molar-refractivity contribution < 1.29 is 0 Å². The minimum Gasteiger partial charge on any atom is -0.0938 e. The average Bonchev–Trinajstić information content (AvgIpc) is 2.21. The number of hydrogen-bond acceptors (Lipinski definition) is 2. The minimum absolute atomic E-state index is 1.17. The summed E-state index contributed by atoms with van der Waals surface area (Å²) < 4.78 is 0. The zero-order valence-corrected chi connectivity index (χ0v) is 11.0. The van der Waals surface area contributed by atoms with Gasteiger partial charge in [0.15, 0.2) is 0 Å². The lowest BCUT2D eigenvalue weighted by molar-refractivity contribution is 1.16. The van der Waals surface area contributed by atoms with Gasteiger partial charge in [-0.25, -0.2) is 0 Å². The normalized spacial score (nSPS) is 11.9. The molecule has 0 aliphatic heterocycles. The van der Waals surface area contributed by atoms with Crippen LogP contribution in [0.4, 0.5) is 0 Å². The van der Waals surface area contributed by atoms with E-state index >= 15 is 0 Å². The molecule has 0 aliphatic rings. The lowest BCUT2D eigenvalue weighted by Crippen LogP contribution is -1.75. The summed E-state index contributed by atoms with van der Waals surface area (Å²) in [5, 5.41) is 0. The second-order valence-corrected chi connectivity index (χ2v) is 5.68. The highest BCUT2D eigenvalue weighted by atomic mass is 33.1. The molecule has 0 atom stereocenters. The molecule has 0 nitrogen and oxygen atoms in total. The highest BCUT2D eigenvalue weighted by Gasteiger charge is 1.87. The van der Waals surface area contributed by atoms with Crippen molar-refractivity contribution in [3.63, 3.8) is 0 Å². The second kappa shape index (κ2) is 13.2. The van der Waals surface area contributed by atoms with Gasteiger partial charge in [0.1, 0.15) is 0 Å². The van der Waals surface area contributed by atoms with Crippen LogP contribution in [-0.4, -0.2) is 11.5 Å². The first kappa shape index (κ1) is 14.2. The van der Waals surface area contributed by atoms with Crippen molar-refractivity contribution in [3.05, 3.63) is 24.3 Å². The quantitative estimate of drug-likeness (QED) is 0.308. The lowest BCUT2D eigenvalue weighted by atomic mass is 10.4. The van der Waals surface area contributed by atoms with Crippen LogP contribution in [0.5, 0.6) is 0 Å². The van der Waals surface area contributed by atoms with Crippen molar-refractivity contribution >= 4 is 21.6 Å². The highest BCUT2D eigenvalue weighted by molar-refractivity contribution is 8.76. The standard InChI is InChI=1S/C12H22S2/c1-3-5-7-9-11-13-14-12-10-8-6-4-2/h5-8H,3-4,9-12H2,1-2H3/b7-5+,8-6+. The molecule has 14 heavy (non-hydrogen) atoms. The third kappa shape index (κ3) is 12.2. The first-order valence-electron chi connectivity index (χ1n) is 5.46. The Morgan fingerprint density at radius 2 is 1.14 bits per heavy atom. The molecule has 2 heteroatoms. The SMILES string of the molecule is CC/C=C/CCSSCC/C=C/CC. The van der Waals surface area contributed by atoms with Crippen LogP contribution in [0.3, 0.4) is 0 Å². The molecule has 0 unspecified atom stereocenters. The Labute approximate surface area is 97.0 Å². The fourth-order valence-electron chi connectivity index (χ4n) is 0.919. The van der Waals surface area contributed by atoms with Crippen molar-refractivity contribution in [2.45, 2.75) is 39.5 Å². The summed E-state index contributed by atoms with van der Waals surface area (Å²) in [6.45, 7) is 4.36. The van der Waals surface area contributed by atoms with Gasteiger partial charge in [-0.3, -0.25) is 0 Å². The van der Waals surface area contributed by atoms with E-state index in [0.29, 0.717) is 0 Å². The van der Waals surface area contributed by atoms with E-state index in [1.807, 2.05) is 21.6 Å². The summed E-state index contributed by atoms with van der Waals surface area (Å²) in [7, 11) is 3.99. The van der Waals surface area contributed by atoms with Gasteiger partial charge in [-0.1, -0.05) is 59.7 Å². The van der Waals surface area contributed by atoms with Crippen LogP contribution in [0.1, 0.15) is 39.5 Å². The molecule has 0 spiro atoms. The van der Waals surface area contributed by atoms with Gasteiger partial charge >= 0.3 is 0 Å². The molecule has 0 rings (SSSR count). The number of allylic oxidation sites excluding steroid dienone is 4. The maximum absolute atomic E-state index is 2.28. The lowest BCUT2D eigenvalue weighted by Gasteiger charge is -1.96. The predicted molar refractivity (Wildman–Crippen MR) is 73.0 cm³/mol. The van der Waals surface area contributed by atoms with Crippen molar-refractivity contribution in [2.24, 2.45) is 0 Å². The predicted octanol–water partition coefficient (Wildman–Crippen LogP) is 5.08. The molecule has 0 aromatic heterocycles. The van der Waals surface area contributed by atoms with Crippen molar-refractivity contribution in [1.29, 1.82) is 0 Å². The Morgan fingerprint density at radius 3 is 1.50 bits per heavy atom. The van der Waals surface area contributed by atoms with E-state index in [2.05, 4.69) is 38.2 Å². The van der Waals surface area contributed by atoms with Crippen molar-refractivity contribution in [2.75, 3.05) is 11.5 Å². The molecular weight excluding hydrogens is 208 g/mol. The number of rotatable bonds is 9. The smallest absolute Gasteiger partial charge is 0.00715 e. The van der Waals surface area contributed by atoms with Gasteiger partial charge in [-0.05, 0) is 25.7 Å². The zero-order chi connectivity index (χ0) is 10.5. The van der Waals surface area contributed by atoms with E-state index < -0.39 is 0 Å². The Hall–Kier alpha value is 0.180. The van der Waals surface area contributed by atoms with Crippen molar-refractivity contribution in [1.82, 2.24) is 0 Å². The summed E-state index contributed by atoms with van der Waals surface area (Å²) >= 11 is 0. The molecule has 0 saturated carbocycles. The fourth-order valence-corrected chi connectivity index (χ4v) is 2.90. The summed E-state index contributed by atoms with van der Waals surface area (Å²) in [6, 6.07) is 0. The largest absolute Gasteiger partial charge is 0.0938 e. The Balaban J connectivity index is 2.99. The highest BCUT2D eigenvalue weighted by Crippen LogP contribution is 2.22. The summed E-state index contributed by atoms with van der Waals surface area (Å²) in [5.41, 5.74) is 0. The van der Waals surface area contributed by atoms with Gasteiger partial charge in [0.2, 0.25) is 0 Å². The molecular formula is C12H22S2. The van der Waals surface area contributed by atoms with Crippen LogP contribution in [-0.2, 0) is 0 Å². The van der Waals surface area contributed by atoms with Crippen molar-refractivity contribution in [3.8, 4) is 0 Å². The maximum Gasteiger partial charge on any atom is 0.00715 e. The topological polar surface area (TPSA) is 0 Å². The van der Waals surface area contributed by atoms with E-state index in [1.165, 1.54) is 37.2 Å². The molecule has 0 bridgehead atoms. The van der Waals surface area contributed by atoms with E-state index in [1.54, 1.807) is 0 Å². The molecule has 0 aliphatic carbocycles. The molecule has 0 heterocycles. The third-order valence-corrected chi connectivity index (χ3v) is 4.10. The van der Waals surface area contributed by atoms with Gasteiger partial charge in [0.25, 0.3) is 0 Å². The number of hydrogen-bond donors (Lipinski definition) is 0. The monoisotopic (exact) mass is 230 g/mol. The average molecular weight is 230 g/mol. The van der Waals surface area contributed by atoms with Gasteiger partial charge in [0.05, 0.1) is 0 Å². The third-order valence-electron chi connectivity index (χ3n) is 1.62. The first-order valence-corrected chi connectivity index (χ1v) is 7.95. The molecule has 0 amide bonds. The molecule has 0 aromatic rings. The second-order valence-electron chi connectivity index (χ2n) is 2.98. The molecule has 0 N–H and O–H groups in total. The Bertz CT molecular complexity index is 132. The van der Waals surface area contributed by atoms with Gasteiger partial charge in [-0.2, -0.15) is 0 Å². The maximum atomic E-state index is 2.28. The van der Waals surface area contributed by atoms with E-state index in [-0.39, 0.29) is 0 Å². The van der Waals surface area contributed by atoms with Crippen LogP contribution in [0.2, 0.25) is 0 Å². The van der Waals surface area contributed by atoms with E-state index in [0.717, 1.165) is 0 Å². The summed E-state index contributed by atoms with van der Waals surface area (Å²) in [5.74, 6) is 2.50. The van der Waals surface area contributed by atoms with Crippen LogP contribution in [0.25, 0.3) is 0 Å². The van der Waals surface area contributed by atoms with Gasteiger partial charge in [0, 0.05) is 11.5 Å². The Morgan fingerprint density at radius 1 is 0.714 bits per heavy atom. The molecule has 82 valence electrons. The van der Waals surface area contributed by atoms with Crippen LogP contribution in [0, 0.1) is 0 Å².